The zero-order valence-electron chi connectivity index (χ0n) is 15.8. The molecule has 0 amide bonds. The zero-order chi connectivity index (χ0) is 18.8. The van der Waals surface area contributed by atoms with E-state index >= 15 is 0 Å². The van der Waals surface area contributed by atoms with Crippen LogP contribution in [0.1, 0.15) is 12.8 Å². The van der Waals surface area contributed by atoms with E-state index in [9.17, 15) is 0 Å². The first-order valence-corrected chi connectivity index (χ1v) is 9.95. The summed E-state index contributed by atoms with van der Waals surface area (Å²) in [6.07, 6.45) is 2.58. The Kier molecular flexibility index (Phi) is 4.42. The summed E-state index contributed by atoms with van der Waals surface area (Å²) in [5, 5.41) is 0. The van der Waals surface area contributed by atoms with Crippen LogP contribution in [-0.2, 0) is 0 Å². The number of hydrogen-bond donors (Lipinski definition) is 1. The van der Waals surface area contributed by atoms with E-state index in [2.05, 4.69) is 82.7 Å². The van der Waals surface area contributed by atoms with Gasteiger partial charge in [0.05, 0.1) is 11.4 Å². The summed E-state index contributed by atoms with van der Waals surface area (Å²) in [5.74, 6) is 0.908. The molecule has 3 aromatic carbocycles. The molecule has 0 saturated carbocycles. The molecule has 1 aromatic heterocycles. The average Bonchev–Trinajstić information content (AvgIpc) is 3.46. The maximum absolute atomic E-state index is 4.99. The van der Waals surface area contributed by atoms with E-state index in [1.165, 1.54) is 18.5 Å². The number of anilines is 1. The van der Waals surface area contributed by atoms with Crippen molar-refractivity contribution in [1.29, 1.82) is 0 Å². The van der Waals surface area contributed by atoms with Crippen molar-refractivity contribution in [1.82, 2.24) is 9.97 Å². The highest BCUT2D eigenvalue weighted by Gasteiger charge is 2.16. The van der Waals surface area contributed by atoms with Crippen LogP contribution in [0.25, 0.3) is 33.9 Å². The van der Waals surface area contributed by atoms with Crippen LogP contribution in [0.4, 0.5) is 5.69 Å². The molecule has 0 radical (unpaired) electrons. The molecule has 0 unspecified atom stereocenters. The van der Waals surface area contributed by atoms with Crippen LogP contribution in [0.15, 0.2) is 84.9 Å². The average molecular weight is 365 g/mol. The van der Waals surface area contributed by atoms with Crippen LogP contribution in [-0.4, -0.2) is 23.1 Å². The first-order chi connectivity index (χ1) is 13.9. The maximum atomic E-state index is 4.99. The van der Waals surface area contributed by atoms with Crippen LogP contribution in [0.2, 0.25) is 0 Å². The fourth-order valence-corrected chi connectivity index (χ4v) is 3.93. The van der Waals surface area contributed by atoms with E-state index in [-0.39, 0.29) is 0 Å². The SMILES string of the molecule is c1ccc(-c2nc(-c3ccc(N4CCCC4)cc3)[nH]c2-c2ccccc2)cc1. The van der Waals surface area contributed by atoms with Gasteiger partial charge in [-0.05, 0) is 37.1 Å². The summed E-state index contributed by atoms with van der Waals surface area (Å²) < 4.78 is 0. The molecule has 138 valence electrons. The Morgan fingerprint density at radius 3 is 1.89 bits per heavy atom. The summed E-state index contributed by atoms with van der Waals surface area (Å²) in [7, 11) is 0. The van der Waals surface area contributed by atoms with Gasteiger partial charge >= 0.3 is 0 Å². The van der Waals surface area contributed by atoms with Crippen LogP contribution >= 0.6 is 0 Å². The summed E-state index contributed by atoms with van der Waals surface area (Å²) in [6, 6.07) is 29.6. The molecule has 3 nitrogen and oxygen atoms in total. The molecule has 0 bridgehead atoms. The highest BCUT2D eigenvalue weighted by molar-refractivity contribution is 5.81. The molecule has 28 heavy (non-hydrogen) atoms. The number of nitrogens with zero attached hydrogens (tertiary/aromatic N) is 2. The molecule has 0 spiro atoms. The van der Waals surface area contributed by atoms with Crippen LogP contribution in [0.3, 0.4) is 0 Å². The van der Waals surface area contributed by atoms with Gasteiger partial charge in [0.25, 0.3) is 0 Å². The first kappa shape index (κ1) is 16.8. The molecule has 1 aliphatic rings. The lowest BCUT2D eigenvalue weighted by Gasteiger charge is -2.17. The second-order valence-electron chi connectivity index (χ2n) is 7.28. The van der Waals surface area contributed by atoms with E-state index in [4.69, 9.17) is 4.98 Å². The van der Waals surface area contributed by atoms with Crippen molar-refractivity contribution in [3.8, 4) is 33.9 Å². The Labute approximate surface area is 165 Å². The molecule has 2 heterocycles. The van der Waals surface area contributed by atoms with E-state index in [0.717, 1.165) is 47.0 Å². The first-order valence-electron chi connectivity index (χ1n) is 9.95. The van der Waals surface area contributed by atoms with Gasteiger partial charge in [-0.15, -0.1) is 0 Å². The Hall–Kier alpha value is -3.33. The molecule has 5 rings (SSSR count). The number of aromatic nitrogens is 2. The minimum atomic E-state index is 0.908. The van der Waals surface area contributed by atoms with Crippen molar-refractivity contribution in [2.24, 2.45) is 0 Å². The summed E-state index contributed by atoms with van der Waals surface area (Å²) in [6.45, 7) is 2.33. The largest absolute Gasteiger partial charge is 0.372 e. The molecule has 1 fully saturated rings. The van der Waals surface area contributed by atoms with Gasteiger partial charge in [0, 0.05) is 35.5 Å². The lowest BCUT2D eigenvalue weighted by atomic mass is 10.1. The Morgan fingerprint density at radius 1 is 0.643 bits per heavy atom. The third kappa shape index (κ3) is 3.20. The number of rotatable bonds is 4. The van der Waals surface area contributed by atoms with Crippen molar-refractivity contribution in [3.63, 3.8) is 0 Å². The quantitative estimate of drug-likeness (QED) is 0.480. The van der Waals surface area contributed by atoms with Gasteiger partial charge in [0.2, 0.25) is 0 Å². The molecule has 3 heteroatoms. The molecule has 0 aliphatic carbocycles. The number of imidazole rings is 1. The number of nitrogens with one attached hydrogen (secondary N) is 1. The lowest BCUT2D eigenvalue weighted by molar-refractivity contribution is 0.949. The molecule has 1 aliphatic heterocycles. The van der Waals surface area contributed by atoms with Crippen molar-refractivity contribution >= 4 is 5.69 Å². The van der Waals surface area contributed by atoms with Crippen molar-refractivity contribution in [3.05, 3.63) is 84.9 Å². The fourth-order valence-electron chi connectivity index (χ4n) is 3.93. The van der Waals surface area contributed by atoms with Gasteiger partial charge < -0.3 is 9.88 Å². The van der Waals surface area contributed by atoms with Gasteiger partial charge in [0.15, 0.2) is 0 Å². The second-order valence-corrected chi connectivity index (χ2v) is 7.28. The fraction of sp³-hybridized carbons (Fsp3) is 0.160. The Bertz CT molecular complexity index is 987. The van der Waals surface area contributed by atoms with Crippen molar-refractivity contribution < 1.29 is 0 Å². The molecule has 4 aromatic rings. The van der Waals surface area contributed by atoms with Crippen molar-refractivity contribution in [2.45, 2.75) is 12.8 Å². The normalized spacial score (nSPS) is 13.8. The lowest BCUT2D eigenvalue weighted by Crippen LogP contribution is -2.17. The number of benzene rings is 3. The van der Waals surface area contributed by atoms with Gasteiger partial charge in [-0.1, -0.05) is 60.7 Å². The summed E-state index contributed by atoms with van der Waals surface area (Å²) in [5.41, 5.74) is 6.74. The standard InChI is InChI=1S/C25H23N3/c1-3-9-19(10-4-1)23-24(20-11-5-2-6-12-20)27-25(26-23)21-13-15-22(16-14-21)28-17-7-8-18-28/h1-6,9-16H,7-8,17-18H2,(H,26,27). The smallest absolute Gasteiger partial charge is 0.138 e. The molecular weight excluding hydrogens is 342 g/mol. The van der Waals surface area contributed by atoms with E-state index < -0.39 is 0 Å². The molecule has 0 atom stereocenters. The summed E-state index contributed by atoms with van der Waals surface area (Å²) in [4.78, 5) is 11.0. The summed E-state index contributed by atoms with van der Waals surface area (Å²) >= 11 is 0. The number of aromatic amines is 1. The Morgan fingerprint density at radius 2 is 1.25 bits per heavy atom. The van der Waals surface area contributed by atoms with E-state index in [1.54, 1.807) is 0 Å². The van der Waals surface area contributed by atoms with Crippen LogP contribution in [0.5, 0.6) is 0 Å². The zero-order valence-corrected chi connectivity index (χ0v) is 15.8. The predicted molar refractivity (Wildman–Crippen MR) is 116 cm³/mol. The molecular formula is C25H23N3. The minimum absolute atomic E-state index is 0.908. The number of H-pyrrole nitrogens is 1. The minimum Gasteiger partial charge on any atom is -0.372 e. The monoisotopic (exact) mass is 365 g/mol. The highest BCUT2D eigenvalue weighted by Crippen LogP contribution is 2.33. The second kappa shape index (κ2) is 7.35. The van der Waals surface area contributed by atoms with Gasteiger partial charge in [-0.3, -0.25) is 0 Å². The maximum Gasteiger partial charge on any atom is 0.138 e. The van der Waals surface area contributed by atoms with Gasteiger partial charge in [0.1, 0.15) is 5.82 Å². The molecule has 1 saturated heterocycles. The van der Waals surface area contributed by atoms with Gasteiger partial charge in [-0.25, -0.2) is 4.98 Å². The van der Waals surface area contributed by atoms with Crippen LogP contribution < -0.4 is 4.90 Å². The number of hydrogen-bond acceptors (Lipinski definition) is 2. The van der Waals surface area contributed by atoms with E-state index in [0.29, 0.717) is 0 Å². The van der Waals surface area contributed by atoms with Crippen molar-refractivity contribution in [2.75, 3.05) is 18.0 Å². The van der Waals surface area contributed by atoms with Crippen LogP contribution in [0, 0.1) is 0 Å². The predicted octanol–water partition coefficient (Wildman–Crippen LogP) is 6.01. The molecule has 1 N–H and O–H groups in total. The van der Waals surface area contributed by atoms with Gasteiger partial charge in [-0.2, -0.15) is 0 Å². The third-order valence-electron chi connectivity index (χ3n) is 5.43. The van der Waals surface area contributed by atoms with E-state index in [1.807, 2.05) is 12.1 Å². The highest BCUT2D eigenvalue weighted by atomic mass is 15.1. The Balaban J connectivity index is 1.56. The third-order valence-corrected chi connectivity index (χ3v) is 5.43. The topological polar surface area (TPSA) is 31.9 Å².